The minimum Gasteiger partial charge on any atom is -0.497 e. The second kappa shape index (κ2) is 7.58. The summed E-state index contributed by atoms with van der Waals surface area (Å²) in [5.41, 5.74) is 1.72. The lowest BCUT2D eigenvalue weighted by Gasteiger charge is -2.17. The summed E-state index contributed by atoms with van der Waals surface area (Å²) < 4.78 is 10.6. The van der Waals surface area contributed by atoms with Crippen molar-refractivity contribution in [3.05, 3.63) is 40.3 Å². The molecular formula is C19H20N2O3S. The standard InChI is InChI=1S/C19H20N2O3S/c1-12-6-7-15-16(10-20)19(25-17(15)8-12)21-18(22)11-24-14-5-3-4-13(9-14)23-2/h3-5,9,12H,6-8,11H2,1-2H3,(H,21,22). The summed E-state index contributed by atoms with van der Waals surface area (Å²) in [5.74, 6) is 1.59. The Labute approximate surface area is 151 Å². The molecule has 1 unspecified atom stereocenters. The minimum atomic E-state index is -0.272. The number of carbonyl (C=O) groups is 1. The van der Waals surface area contributed by atoms with Crippen LogP contribution in [0.3, 0.4) is 0 Å². The van der Waals surface area contributed by atoms with Crippen LogP contribution >= 0.6 is 11.3 Å². The fraction of sp³-hybridized carbons (Fsp3) is 0.368. The average Bonchev–Trinajstić information content (AvgIpc) is 2.96. The quantitative estimate of drug-likeness (QED) is 0.885. The number of nitrogens with zero attached hydrogens (tertiary/aromatic N) is 1. The maximum absolute atomic E-state index is 12.2. The Bertz CT molecular complexity index is 823. The number of benzene rings is 1. The summed E-state index contributed by atoms with van der Waals surface area (Å²) in [7, 11) is 1.58. The molecule has 1 amide bonds. The molecule has 6 heteroatoms. The highest BCUT2D eigenvalue weighted by atomic mass is 32.1. The second-order valence-corrected chi connectivity index (χ2v) is 7.29. The number of carbonyl (C=O) groups excluding carboxylic acids is 1. The third kappa shape index (κ3) is 3.94. The first-order chi connectivity index (χ1) is 12.1. The van der Waals surface area contributed by atoms with Gasteiger partial charge in [0.2, 0.25) is 0 Å². The molecule has 5 nitrogen and oxygen atoms in total. The van der Waals surface area contributed by atoms with Crippen LogP contribution in [0.1, 0.15) is 29.3 Å². The molecule has 0 saturated carbocycles. The summed E-state index contributed by atoms with van der Waals surface area (Å²) in [6.45, 7) is 2.10. The molecule has 1 heterocycles. The van der Waals surface area contributed by atoms with E-state index in [1.54, 1.807) is 25.3 Å². The maximum atomic E-state index is 12.2. The van der Waals surface area contributed by atoms with E-state index in [4.69, 9.17) is 9.47 Å². The van der Waals surface area contributed by atoms with Crippen LogP contribution in [-0.2, 0) is 17.6 Å². The van der Waals surface area contributed by atoms with E-state index in [1.165, 1.54) is 16.2 Å². The molecule has 0 aliphatic heterocycles. The molecule has 1 aromatic carbocycles. The molecule has 2 aromatic rings. The van der Waals surface area contributed by atoms with E-state index in [0.717, 1.165) is 24.8 Å². The lowest BCUT2D eigenvalue weighted by atomic mass is 9.89. The zero-order valence-corrected chi connectivity index (χ0v) is 15.1. The van der Waals surface area contributed by atoms with E-state index in [9.17, 15) is 10.1 Å². The molecule has 25 heavy (non-hydrogen) atoms. The molecule has 1 N–H and O–H groups in total. The third-order valence-electron chi connectivity index (χ3n) is 4.29. The fourth-order valence-electron chi connectivity index (χ4n) is 2.96. The number of anilines is 1. The second-order valence-electron chi connectivity index (χ2n) is 6.18. The van der Waals surface area contributed by atoms with Crippen LogP contribution in [0, 0.1) is 17.2 Å². The first kappa shape index (κ1) is 17.3. The minimum absolute atomic E-state index is 0.114. The highest BCUT2D eigenvalue weighted by molar-refractivity contribution is 7.16. The van der Waals surface area contributed by atoms with Gasteiger partial charge in [0.25, 0.3) is 5.91 Å². The highest BCUT2D eigenvalue weighted by Crippen LogP contribution is 2.39. The monoisotopic (exact) mass is 356 g/mol. The van der Waals surface area contributed by atoms with Crippen LogP contribution < -0.4 is 14.8 Å². The van der Waals surface area contributed by atoms with Gasteiger partial charge < -0.3 is 14.8 Å². The molecule has 1 aliphatic carbocycles. The van der Waals surface area contributed by atoms with Gasteiger partial charge in [-0.3, -0.25) is 4.79 Å². The summed E-state index contributed by atoms with van der Waals surface area (Å²) in [6.07, 6.45) is 2.97. The van der Waals surface area contributed by atoms with Gasteiger partial charge in [0.15, 0.2) is 6.61 Å². The van der Waals surface area contributed by atoms with Crippen LogP contribution in [0.25, 0.3) is 0 Å². The van der Waals surface area contributed by atoms with Crippen molar-refractivity contribution in [1.82, 2.24) is 0 Å². The Hall–Kier alpha value is -2.52. The Morgan fingerprint density at radius 2 is 2.24 bits per heavy atom. The molecular weight excluding hydrogens is 336 g/mol. The van der Waals surface area contributed by atoms with Crippen molar-refractivity contribution in [3.63, 3.8) is 0 Å². The van der Waals surface area contributed by atoms with E-state index in [-0.39, 0.29) is 12.5 Å². The Morgan fingerprint density at radius 3 is 3.00 bits per heavy atom. The van der Waals surface area contributed by atoms with E-state index < -0.39 is 0 Å². The van der Waals surface area contributed by atoms with E-state index in [2.05, 4.69) is 18.3 Å². The zero-order chi connectivity index (χ0) is 17.8. The molecule has 3 rings (SSSR count). The largest absolute Gasteiger partial charge is 0.497 e. The molecule has 1 aromatic heterocycles. The van der Waals surface area contributed by atoms with Gasteiger partial charge in [-0.2, -0.15) is 5.26 Å². The van der Waals surface area contributed by atoms with Crippen LogP contribution in [0.5, 0.6) is 11.5 Å². The van der Waals surface area contributed by atoms with Crippen molar-refractivity contribution in [3.8, 4) is 17.6 Å². The van der Waals surface area contributed by atoms with Gasteiger partial charge >= 0.3 is 0 Å². The average molecular weight is 356 g/mol. The lowest BCUT2D eigenvalue weighted by molar-refractivity contribution is -0.118. The zero-order valence-electron chi connectivity index (χ0n) is 14.3. The summed E-state index contributed by atoms with van der Waals surface area (Å²) in [5, 5.41) is 12.9. The Kier molecular flexibility index (Phi) is 5.25. The SMILES string of the molecule is COc1cccc(OCC(=O)Nc2sc3c(c2C#N)CCC(C)C3)c1. The van der Waals surface area contributed by atoms with E-state index >= 15 is 0 Å². The van der Waals surface area contributed by atoms with Crippen molar-refractivity contribution in [1.29, 1.82) is 5.26 Å². The maximum Gasteiger partial charge on any atom is 0.262 e. The van der Waals surface area contributed by atoms with Crippen LogP contribution in [-0.4, -0.2) is 19.6 Å². The number of rotatable bonds is 5. The van der Waals surface area contributed by atoms with Gasteiger partial charge in [0.05, 0.1) is 12.7 Å². The predicted molar refractivity (Wildman–Crippen MR) is 97.3 cm³/mol. The number of nitriles is 1. The molecule has 130 valence electrons. The normalized spacial score (nSPS) is 15.8. The summed E-state index contributed by atoms with van der Waals surface area (Å²) >= 11 is 1.52. The van der Waals surface area contributed by atoms with Crippen LogP contribution in [0.15, 0.2) is 24.3 Å². The molecule has 1 aliphatic rings. The van der Waals surface area contributed by atoms with Crippen molar-refractivity contribution < 1.29 is 14.3 Å². The predicted octanol–water partition coefficient (Wildman–Crippen LogP) is 3.77. The summed E-state index contributed by atoms with van der Waals surface area (Å²) in [4.78, 5) is 13.4. The molecule has 0 saturated heterocycles. The smallest absolute Gasteiger partial charge is 0.262 e. The highest BCUT2D eigenvalue weighted by Gasteiger charge is 2.24. The van der Waals surface area contributed by atoms with Crippen molar-refractivity contribution in [2.24, 2.45) is 5.92 Å². The van der Waals surface area contributed by atoms with Gasteiger partial charge in [-0.15, -0.1) is 11.3 Å². The van der Waals surface area contributed by atoms with Gasteiger partial charge in [-0.25, -0.2) is 0 Å². The Balaban J connectivity index is 1.66. The van der Waals surface area contributed by atoms with Gasteiger partial charge in [-0.1, -0.05) is 13.0 Å². The first-order valence-corrected chi connectivity index (χ1v) is 9.03. The van der Waals surface area contributed by atoms with Gasteiger partial charge in [0, 0.05) is 10.9 Å². The van der Waals surface area contributed by atoms with Crippen molar-refractivity contribution >= 4 is 22.2 Å². The lowest BCUT2D eigenvalue weighted by Crippen LogP contribution is -2.20. The van der Waals surface area contributed by atoms with Crippen LogP contribution in [0.4, 0.5) is 5.00 Å². The van der Waals surface area contributed by atoms with Gasteiger partial charge in [-0.05, 0) is 42.9 Å². The molecule has 0 fully saturated rings. The number of amides is 1. The molecule has 0 radical (unpaired) electrons. The number of fused-ring (bicyclic) bond motifs is 1. The fourth-order valence-corrected chi connectivity index (χ4v) is 4.34. The molecule has 0 spiro atoms. The number of hydrogen-bond donors (Lipinski definition) is 1. The van der Waals surface area contributed by atoms with Crippen LogP contribution in [0.2, 0.25) is 0 Å². The number of thiophene rings is 1. The first-order valence-electron chi connectivity index (χ1n) is 8.22. The van der Waals surface area contributed by atoms with Gasteiger partial charge in [0.1, 0.15) is 22.6 Å². The topological polar surface area (TPSA) is 71.3 Å². The third-order valence-corrected chi connectivity index (χ3v) is 5.46. The van der Waals surface area contributed by atoms with E-state index in [1.807, 2.05) is 6.07 Å². The van der Waals surface area contributed by atoms with Crippen molar-refractivity contribution in [2.75, 3.05) is 19.0 Å². The number of nitrogens with one attached hydrogen (secondary N) is 1. The molecule has 0 bridgehead atoms. The molecule has 1 atom stereocenters. The summed E-state index contributed by atoms with van der Waals surface area (Å²) in [6, 6.07) is 9.35. The number of ether oxygens (including phenoxy) is 2. The number of methoxy groups -OCH3 is 1. The Morgan fingerprint density at radius 1 is 1.44 bits per heavy atom. The van der Waals surface area contributed by atoms with Crippen molar-refractivity contribution in [2.45, 2.75) is 26.2 Å². The number of hydrogen-bond acceptors (Lipinski definition) is 5. The van der Waals surface area contributed by atoms with E-state index in [0.29, 0.717) is 28.0 Å².